The van der Waals surface area contributed by atoms with Gasteiger partial charge in [-0.2, -0.15) is 4.31 Å². The Bertz CT molecular complexity index is 1860. The summed E-state index contributed by atoms with van der Waals surface area (Å²) < 4.78 is 45.3. The third-order valence-corrected chi connectivity index (χ3v) is 9.22. The van der Waals surface area contributed by atoms with E-state index in [2.05, 4.69) is 0 Å². The first kappa shape index (κ1) is 31.8. The Hall–Kier alpha value is -4.64. The van der Waals surface area contributed by atoms with Crippen molar-refractivity contribution >= 4 is 45.3 Å². The SMILES string of the molecule is CCOC(=O)C1=C(C)N(c2ccc(OC)cc2)C(=O)/C1=C/c1ccc(CN(Cc2ccccc2)S(=O)(=O)c2ccc(Cl)cc2)o1. The Labute approximate surface area is 267 Å². The van der Waals surface area contributed by atoms with E-state index in [1.54, 1.807) is 57.4 Å². The molecule has 0 saturated heterocycles. The van der Waals surface area contributed by atoms with Crippen molar-refractivity contribution in [3.05, 3.63) is 130 Å². The molecule has 0 aliphatic carbocycles. The van der Waals surface area contributed by atoms with Crippen LogP contribution in [0.15, 0.2) is 117 Å². The average molecular weight is 647 g/mol. The van der Waals surface area contributed by atoms with Crippen LogP contribution in [0.1, 0.15) is 30.9 Å². The van der Waals surface area contributed by atoms with Crippen LogP contribution in [-0.4, -0.2) is 38.3 Å². The third kappa shape index (κ3) is 6.88. The first-order valence-electron chi connectivity index (χ1n) is 14.1. The van der Waals surface area contributed by atoms with Crippen LogP contribution in [0.4, 0.5) is 5.69 Å². The number of nitrogens with zero attached hydrogens (tertiary/aromatic N) is 2. The van der Waals surface area contributed by atoms with Crippen LogP contribution in [-0.2, 0) is 37.4 Å². The van der Waals surface area contributed by atoms with Gasteiger partial charge in [-0.15, -0.1) is 0 Å². The van der Waals surface area contributed by atoms with Gasteiger partial charge in [-0.05, 0) is 86.2 Å². The van der Waals surface area contributed by atoms with Crippen LogP contribution >= 0.6 is 11.6 Å². The molecule has 232 valence electrons. The van der Waals surface area contributed by atoms with Gasteiger partial charge in [0.2, 0.25) is 10.0 Å². The lowest BCUT2D eigenvalue weighted by molar-refractivity contribution is -0.138. The van der Waals surface area contributed by atoms with Gasteiger partial charge in [-0.25, -0.2) is 13.2 Å². The van der Waals surface area contributed by atoms with Gasteiger partial charge in [-0.1, -0.05) is 41.9 Å². The Morgan fingerprint density at radius 3 is 2.29 bits per heavy atom. The van der Waals surface area contributed by atoms with E-state index in [0.29, 0.717) is 27.9 Å². The molecule has 0 radical (unpaired) electrons. The summed E-state index contributed by atoms with van der Waals surface area (Å²) in [6, 6.07) is 25.3. The van der Waals surface area contributed by atoms with E-state index in [1.165, 1.54) is 39.5 Å². The number of ether oxygens (including phenoxy) is 2. The number of carbonyl (C=O) groups is 2. The van der Waals surface area contributed by atoms with E-state index in [9.17, 15) is 18.0 Å². The summed E-state index contributed by atoms with van der Waals surface area (Å²) in [5.41, 5.74) is 1.96. The zero-order chi connectivity index (χ0) is 32.1. The van der Waals surface area contributed by atoms with Gasteiger partial charge in [0.25, 0.3) is 5.91 Å². The van der Waals surface area contributed by atoms with Gasteiger partial charge in [0.1, 0.15) is 17.3 Å². The maximum atomic E-state index is 13.7. The molecule has 3 aromatic carbocycles. The molecule has 45 heavy (non-hydrogen) atoms. The first-order chi connectivity index (χ1) is 21.6. The predicted molar refractivity (Wildman–Crippen MR) is 171 cm³/mol. The van der Waals surface area contributed by atoms with Crippen molar-refractivity contribution in [2.75, 3.05) is 18.6 Å². The van der Waals surface area contributed by atoms with E-state index in [-0.39, 0.29) is 41.5 Å². The van der Waals surface area contributed by atoms with E-state index in [0.717, 1.165) is 5.56 Å². The standard InChI is InChI=1S/C34H31ClN2O7S/c1-4-43-34(39)32-23(2)37(26-12-14-27(42-3)15-13-26)33(38)31(32)20-28-16-17-29(44-28)22-36(21-24-8-6-5-7-9-24)45(40,41)30-18-10-25(35)11-19-30/h5-20H,4,21-22H2,1-3H3/b31-20+. The van der Waals surface area contributed by atoms with E-state index >= 15 is 0 Å². The van der Waals surface area contributed by atoms with Gasteiger partial charge in [-0.3, -0.25) is 9.69 Å². The molecule has 0 bridgehead atoms. The highest BCUT2D eigenvalue weighted by Crippen LogP contribution is 2.36. The molecule has 1 amide bonds. The second kappa shape index (κ2) is 13.6. The van der Waals surface area contributed by atoms with Crippen molar-refractivity contribution in [3.8, 4) is 5.75 Å². The van der Waals surface area contributed by atoms with E-state index < -0.39 is 21.9 Å². The monoisotopic (exact) mass is 646 g/mol. The molecule has 0 N–H and O–H groups in total. The van der Waals surface area contributed by atoms with Crippen molar-refractivity contribution in [1.29, 1.82) is 0 Å². The number of anilines is 1. The number of hydrogen-bond donors (Lipinski definition) is 0. The molecule has 11 heteroatoms. The Balaban J connectivity index is 1.48. The Morgan fingerprint density at radius 2 is 1.64 bits per heavy atom. The zero-order valence-corrected chi connectivity index (χ0v) is 26.5. The molecule has 0 fully saturated rings. The molecule has 1 aliphatic heterocycles. The number of carbonyl (C=O) groups excluding carboxylic acids is 2. The summed E-state index contributed by atoms with van der Waals surface area (Å²) in [5, 5.41) is 0.422. The number of halogens is 1. The van der Waals surface area contributed by atoms with Crippen LogP contribution in [0.5, 0.6) is 5.75 Å². The summed E-state index contributed by atoms with van der Waals surface area (Å²) in [5.74, 6) is 0.153. The molecule has 1 aliphatic rings. The van der Waals surface area contributed by atoms with Gasteiger partial charge < -0.3 is 13.9 Å². The third-order valence-electron chi connectivity index (χ3n) is 7.16. The lowest BCUT2D eigenvalue weighted by Gasteiger charge is -2.21. The van der Waals surface area contributed by atoms with Crippen LogP contribution in [0.3, 0.4) is 0 Å². The topological polar surface area (TPSA) is 106 Å². The smallest absolute Gasteiger partial charge is 0.340 e. The highest BCUT2D eigenvalue weighted by Gasteiger charge is 2.38. The number of hydrogen-bond acceptors (Lipinski definition) is 7. The van der Waals surface area contributed by atoms with Crippen molar-refractivity contribution in [1.82, 2.24) is 4.31 Å². The normalized spacial score (nSPS) is 14.5. The molecule has 0 atom stereocenters. The average Bonchev–Trinajstić information content (AvgIpc) is 3.58. The van der Waals surface area contributed by atoms with Crippen LogP contribution < -0.4 is 9.64 Å². The number of furan rings is 1. The van der Waals surface area contributed by atoms with Crippen LogP contribution in [0, 0.1) is 0 Å². The summed E-state index contributed by atoms with van der Waals surface area (Å²) in [4.78, 5) is 28.3. The maximum absolute atomic E-state index is 13.7. The molecule has 9 nitrogen and oxygen atoms in total. The fourth-order valence-electron chi connectivity index (χ4n) is 4.97. The summed E-state index contributed by atoms with van der Waals surface area (Å²) >= 11 is 6.00. The number of amides is 1. The predicted octanol–water partition coefficient (Wildman–Crippen LogP) is 6.60. The zero-order valence-electron chi connectivity index (χ0n) is 24.9. The minimum absolute atomic E-state index is 0.0887. The number of sulfonamides is 1. The highest BCUT2D eigenvalue weighted by atomic mass is 35.5. The fourth-order valence-corrected chi connectivity index (χ4v) is 6.49. The Morgan fingerprint density at radius 1 is 0.956 bits per heavy atom. The van der Waals surface area contributed by atoms with Gasteiger partial charge >= 0.3 is 5.97 Å². The minimum Gasteiger partial charge on any atom is -0.497 e. The van der Waals surface area contributed by atoms with Gasteiger partial charge in [0, 0.05) is 23.0 Å². The number of rotatable bonds is 11. The molecule has 5 rings (SSSR count). The number of allylic oxidation sites excluding steroid dienone is 1. The molecule has 2 heterocycles. The van der Waals surface area contributed by atoms with Gasteiger partial charge in [0.05, 0.1) is 36.3 Å². The molecular weight excluding hydrogens is 616 g/mol. The fraction of sp³-hybridized carbons (Fsp3) is 0.176. The summed E-state index contributed by atoms with van der Waals surface area (Å²) in [6.07, 6.45) is 1.47. The largest absolute Gasteiger partial charge is 0.497 e. The lowest BCUT2D eigenvalue weighted by Crippen LogP contribution is -2.30. The molecule has 0 unspecified atom stereocenters. The molecule has 0 spiro atoms. The van der Waals surface area contributed by atoms with Crippen molar-refractivity contribution in [2.24, 2.45) is 0 Å². The number of methoxy groups -OCH3 is 1. The summed E-state index contributed by atoms with van der Waals surface area (Å²) in [6.45, 7) is 3.49. The maximum Gasteiger partial charge on any atom is 0.340 e. The molecule has 1 aromatic heterocycles. The minimum atomic E-state index is -3.95. The van der Waals surface area contributed by atoms with Gasteiger partial charge in [0.15, 0.2) is 0 Å². The van der Waals surface area contributed by atoms with Crippen LogP contribution in [0.25, 0.3) is 6.08 Å². The van der Waals surface area contributed by atoms with Crippen molar-refractivity contribution < 1.29 is 31.9 Å². The molecule has 0 saturated carbocycles. The molecular formula is C34H31ClN2O7S. The van der Waals surface area contributed by atoms with E-state index in [1.807, 2.05) is 30.3 Å². The van der Waals surface area contributed by atoms with Crippen molar-refractivity contribution in [3.63, 3.8) is 0 Å². The summed E-state index contributed by atoms with van der Waals surface area (Å²) in [7, 11) is -2.40. The van der Waals surface area contributed by atoms with Crippen molar-refractivity contribution in [2.45, 2.75) is 31.8 Å². The van der Waals surface area contributed by atoms with E-state index in [4.69, 9.17) is 25.5 Å². The number of esters is 1. The molecule has 4 aromatic rings. The van der Waals surface area contributed by atoms with Crippen LogP contribution in [0.2, 0.25) is 5.02 Å². The lowest BCUT2D eigenvalue weighted by atomic mass is 10.1. The first-order valence-corrected chi connectivity index (χ1v) is 15.9. The highest BCUT2D eigenvalue weighted by molar-refractivity contribution is 7.89. The Kier molecular flexibility index (Phi) is 9.57. The second-order valence-electron chi connectivity index (χ2n) is 10.1. The second-order valence-corrected chi connectivity index (χ2v) is 12.5. The number of benzene rings is 3. The quantitative estimate of drug-likeness (QED) is 0.134.